The van der Waals surface area contributed by atoms with E-state index in [-0.39, 0.29) is 11.7 Å². The van der Waals surface area contributed by atoms with Crippen LogP contribution >= 0.6 is 0 Å². The summed E-state index contributed by atoms with van der Waals surface area (Å²) in [5, 5.41) is 0. The second-order valence-electron chi connectivity index (χ2n) is 6.22. The number of nitrogens with zero attached hydrogens (tertiary/aromatic N) is 2. The van der Waals surface area contributed by atoms with Gasteiger partial charge in [-0.05, 0) is 62.5 Å². The van der Waals surface area contributed by atoms with Gasteiger partial charge in [0.25, 0.3) is 0 Å². The lowest BCUT2D eigenvalue weighted by Gasteiger charge is -2.27. The smallest absolute Gasteiger partial charge is 0.246 e. The molecule has 2 heterocycles. The van der Waals surface area contributed by atoms with Crippen LogP contribution in [-0.4, -0.2) is 47.9 Å². The minimum Gasteiger partial charge on any atom is -0.335 e. The van der Waals surface area contributed by atoms with E-state index in [0.29, 0.717) is 6.04 Å². The van der Waals surface area contributed by atoms with E-state index in [1.807, 2.05) is 4.90 Å². The molecular weight excluding hydrogens is 279 g/mol. The minimum atomic E-state index is -0.275. The van der Waals surface area contributed by atoms with E-state index < -0.39 is 0 Å². The Labute approximate surface area is 131 Å². The maximum atomic E-state index is 13.1. The standard InChI is InChI=1S/C18H23FN2O/c19-16-6-3-5-15(13-16)8-9-18(22)21-12-4-7-17(21)14-20-10-1-2-11-20/h3,5-6,8-9,13,17H,1-2,4,7,10-12,14H2. The summed E-state index contributed by atoms with van der Waals surface area (Å²) in [5.41, 5.74) is 0.726. The fourth-order valence-corrected chi connectivity index (χ4v) is 3.45. The van der Waals surface area contributed by atoms with Gasteiger partial charge in [-0.2, -0.15) is 0 Å². The number of rotatable bonds is 4. The van der Waals surface area contributed by atoms with Gasteiger partial charge >= 0.3 is 0 Å². The van der Waals surface area contributed by atoms with Gasteiger partial charge in [0, 0.05) is 25.2 Å². The van der Waals surface area contributed by atoms with E-state index in [4.69, 9.17) is 0 Å². The Morgan fingerprint density at radius 2 is 2.05 bits per heavy atom. The van der Waals surface area contributed by atoms with E-state index in [9.17, 15) is 9.18 Å². The molecule has 22 heavy (non-hydrogen) atoms. The average molecular weight is 302 g/mol. The van der Waals surface area contributed by atoms with Gasteiger partial charge in [0.05, 0.1) is 0 Å². The van der Waals surface area contributed by atoms with E-state index >= 15 is 0 Å². The van der Waals surface area contributed by atoms with Crippen molar-refractivity contribution < 1.29 is 9.18 Å². The lowest BCUT2D eigenvalue weighted by atomic mass is 10.2. The zero-order chi connectivity index (χ0) is 15.4. The van der Waals surface area contributed by atoms with E-state index in [0.717, 1.165) is 44.6 Å². The molecule has 0 N–H and O–H groups in total. The number of hydrogen-bond donors (Lipinski definition) is 0. The highest BCUT2D eigenvalue weighted by atomic mass is 19.1. The van der Waals surface area contributed by atoms with E-state index in [2.05, 4.69) is 4.90 Å². The molecule has 0 saturated carbocycles. The predicted molar refractivity (Wildman–Crippen MR) is 85.8 cm³/mol. The van der Waals surface area contributed by atoms with Crippen molar-refractivity contribution in [3.8, 4) is 0 Å². The van der Waals surface area contributed by atoms with Crippen molar-refractivity contribution in [2.24, 2.45) is 0 Å². The Bertz CT molecular complexity index is 552. The monoisotopic (exact) mass is 302 g/mol. The Morgan fingerprint density at radius 1 is 1.23 bits per heavy atom. The fourth-order valence-electron chi connectivity index (χ4n) is 3.45. The van der Waals surface area contributed by atoms with Crippen LogP contribution < -0.4 is 0 Å². The lowest BCUT2D eigenvalue weighted by molar-refractivity contribution is -0.127. The lowest BCUT2D eigenvalue weighted by Crippen LogP contribution is -2.41. The third-order valence-corrected chi connectivity index (χ3v) is 4.59. The molecule has 3 rings (SSSR count). The zero-order valence-corrected chi connectivity index (χ0v) is 12.9. The molecule has 0 aliphatic carbocycles. The van der Waals surface area contributed by atoms with Crippen LogP contribution in [0.25, 0.3) is 6.08 Å². The summed E-state index contributed by atoms with van der Waals surface area (Å²) < 4.78 is 13.1. The van der Waals surface area contributed by atoms with Gasteiger partial charge in [0.15, 0.2) is 0 Å². The summed E-state index contributed by atoms with van der Waals surface area (Å²) in [7, 11) is 0. The maximum Gasteiger partial charge on any atom is 0.246 e. The van der Waals surface area contributed by atoms with Crippen molar-refractivity contribution in [2.75, 3.05) is 26.2 Å². The van der Waals surface area contributed by atoms with Crippen LogP contribution in [-0.2, 0) is 4.79 Å². The molecule has 4 heteroatoms. The van der Waals surface area contributed by atoms with Crippen molar-refractivity contribution in [2.45, 2.75) is 31.7 Å². The SMILES string of the molecule is O=C(C=Cc1cccc(F)c1)N1CCCC1CN1CCCC1. The number of likely N-dealkylation sites (tertiary alicyclic amines) is 2. The molecule has 0 aromatic heterocycles. The van der Waals surface area contributed by atoms with Crippen LogP contribution in [0, 0.1) is 5.82 Å². The topological polar surface area (TPSA) is 23.6 Å². The largest absolute Gasteiger partial charge is 0.335 e. The molecular formula is C18H23FN2O. The molecule has 2 saturated heterocycles. The predicted octanol–water partition coefficient (Wildman–Crippen LogP) is 2.93. The second kappa shape index (κ2) is 7.05. The van der Waals surface area contributed by atoms with Crippen LogP contribution in [0.5, 0.6) is 0 Å². The van der Waals surface area contributed by atoms with Crippen molar-refractivity contribution in [3.05, 3.63) is 41.7 Å². The summed E-state index contributed by atoms with van der Waals surface area (Å²) in [5.74, 6) is -0.228. The highest BCUT2D eigenvalue weighted by Gasteiger charge is 2.29. The van der Waals surface area contributed by atoms with E-state index in [1.165, 1.54) is 25.0 Å². The minimum absolute atomic E-state index is 0.0472. The van der Waals surface area contributed by atoms with E-state index in [1.54, 1.807) is 24.3 Å². The van der Waals surface area contributed by atoms with Gasteiger partial charge in [-0.1, -0.05) is 12.1 Å². The normalized spacial score (nSPS) is 22.8. The molecule has 3 nitrogen and oxygen atoms in total. The average Bonchev–Trinajstić information content (AvgIpc) is 3.17. The van der Waals surface area contributed by atoms with Crippen molar-refractivity contribution in [3.63, 3.8) is 0 Å². The number of halogens is 1. The fraction of sp³-hybridized carbons (Fsp3) is 0.500. The molecule has 1 amide bonds. The van der Waals surface area contributed by atoms with Gasteiger partial charge in [-0.25, -0.2) is 4.39 Å². The Kier molecular flexibility index (Phi) is 4.88. The number of benzene rings is 1. The molecule has 2 fully saturated rings. The van der Waals surface area contributed by atoms with Gasteiger partial charge in [0.2, 0.25) is 5.91 Å². The highest BCUT2D eigenvalue weighted by Crippen LogP contribution is 2.21. The van der Waals surface area contributed by atoms with Crippen LogP contribution in [0.3, 0.4) is 0 Å². The van der Waals surface area contributed by atoms with Gasteiger partial charge in [-0.15, -0.1) is 0 Å². The first-order chi connectivity index (χ1) is 10.7. The number of amides is 1. The van der Waals surface area contributed by atoms with Crippen LogP contribution in [0.15, 0.2) is 30.3 Å². The summed E-state index contributed by atoms with van der Waals surface area (Å²) in [6.07, 6.45) is 8.02. The number of carbonyl (C=O) groups is 1. The zero-order valence-electron chi connectivity index (χ0n) is 12.9. The van der Waals surface area contributed by atoms with Gasteiger partial charge < -0.3 is 9.80 Å². The Balaban J connectivity index is 1.60. The molecule has 2 aliphatic heterocycles. The summed E-state index contributed by atoms with van der Waals surface area (Å²) in [4.78, 5) is 16.9. The van der Waals surface area contributed by atoms with Crippen molar-refractivity contribution in [1.82, 2.24) is 9.80 Å². The first kappa shape index (κ1) is 15.2. The summed E-state index contributed by atoms with van der Waals surface area (Å²) in [6, 6.07) is 6.65. The van der Waals surface area contributed by atoms with Crippen LogP contribution in [0.2, 0.25) is 0 Å². The summed E-state index contributed by atoms with van der Waals surface area (Å²) in [6.45, 7) is 4.17. The highest BCUT2D eigenvalue weighted by molar-refractivity contribution is 5.92. The van der Waals surface area contributed by atoms with Crippen LogP contribution in [0.1, 0.15) is 31.2 Å². The molecule has 1 atom stereocenters. The Morgan fingerprint density at radius 3 is 2.82 bits per heavy atom. The van der Waals surface area contributed by atoms with Crippen LogP contribution in [0.4, 0.5) is 4.39 Å². The molecule has 1 aromatic carbocycles. The first-order valence-corrected chi connectivity index (χ1v) is 8.19. The first-order valence-electron chi connectivity index (χ1n) is 8.19. The third-order valence-electron chi connectivity index (χ3n) is 4.59. The molecule has 2 aliphatic rings. The maximum absolute atomic E-state index is 13.1. The molecule has 1 unspecified atom stereocenters. The number of hydrogen-bond acceptors (Lipinski definition) is 2. The third kappa shape index (κ3) is 3.74. The molecule has 0 radical (unpaired) electrons. The van der Waals surface area contributed by atoms with Crippen molar-refractivity contribution in [1.29, 1.82) is 0 Å². The quantitative estimate of drug-likeness (QED) is 0.798. The summed E-state index contributed by atoms with van der Waals surface area (Å²) >= 11 is 0. The molecule has 0 spiro atoms. The molecule has 1 aromatic rings. The molecule has 118 valence electrons. The second-order valence-corrected chi connectivity index (χ2v) is 6.22. The van der Waals surface area contributed by atoms with Gasteiger partial charge in [-0.3, -0.25) is 4.79 Å². The Hall–Kier alpha value is -1.68. The number of carbonyl (C=O) groups excluding carboxylic acids is 1. The molecule has 0 bridgehead atoms. The van der Waals surface area contributed by atoms with Gasteiger partial charge in [0.1, 0.15) is 5.82 Å². The van der Waals surface area contributed by atoms with Crippen molar-refractivity contribution >= 4 is 12.0 Å².